The Morgan fingerprint density at radius 2 is 1.69 bits per heavy atom. The third-order valence-electron chi connectivity index (χ3n) is 7.08. The van der Waals surface area contributed by atoms with Crippen molar-refractivity contribution in [2.75, 3.05) is 25.0 Å². The van der Waals surface area contributed by atoms with Crippen LogP contribution in [-0.2, 0) is 29.0 Å². The standard InChI is InChI=1S/C33H39ClFN3O4/c1-33(2,3)42-32(40)38(28-16-19-37(20-17-28)31(39)41-23-24-9-5-4-6-10-24)22-26-11-7-8-12-30(26)36-18-15-25-13-14-27(34)21-29(25)35/h4-14,21,28,36H,15-20,22-23H2,1-3H3. The van der Waals surface area contributed by atoms with Crippen molar-refractivity contribution >= 4 is 29.5 Å². The van der Waals surface area contributed by atoms with Crippen LogP contribution in [0.4, 0.5) is 19.7 Å². The van der Waals surface area contributed by atoms with Gasteiger partial charge in [-0.05, 0) is 74.9 Å². The third-order valence-corrected chi connectivity index (χ3v) is 7.31. The van der Waals surface area contributed by atoms with Gasteiger partial charge in [0.2, 0.25) is 0 Å². The highest BCUT2D eigenvalue weighted by Crippen LogP contribution is 2.26. The van der Waals surface area contributed by atoms with Crippen LogP contribution in [0.25, 0.3) is 0 Å². The van der Waals surface area contributed by atoms with Gasteiger partial charge in [-0.3, -0.25) is 0 Å². The van der Waals surface area contributed by atoms with Crippen LogP contribution in [0.3, 0.4) is 0 Å². The number of ether oxygens (including phenoxy) is 2. The SMILES string of the molecule is CC(C)(C)OC(=O)N(Cc1ccccc1NCCc1ccc(Cl)cc1F)C1CCN(C(=O)OCc2ccccc2)CC1. The Morgan fingerprint density at radius 1 is 1.00 bits per heavy atom. The molecule has 1 fully saturated rings. The third kappa shape index (κ3) is 9.11. The Morgan fingerprint density at radius 3 is 2.38 bits per heavy atom. The highest BCUT2D eigenvalue weighted by atomic mass is 35.5. The molecule has 2 amide bonds. The lowest BCUT2D eigenvalue weighted by Crippen LogP contribution is -2.49. The monoisotopic (exact) mass is 595 g/mol. The maximum atomic E-state index is 14.3. The number of likely N-dealkylation sites (tertiary alicyclic amines) is 1. The summed E-state index contributed by atoms with van der Waals surface area (Å²) in [4.78, 5) is 29.6. The fraction of sp³-hybridized carbons (Fsp3) is 0.394. The zero-order valence-electron chi connectivity index (χ0n) is 24.4. The average molecular weight is 596 g/mol. The minimum atomic E-state index is -0.655. The highest BCUT2D eigenvalue weighted by Gasteiger charge is 2.33. The molecule has 0 spiro atoms. The van der Waals surface area contributed by atoms with E-state index in [4.69, 9.17) is 21.1 Å². The van der Waals surface area contributed by atoms with Gasteiger partial charge in [-0.25, -0.2) is 14.0 Å². The van der Waals surface area contributed by atoms with Gasteiger partial charge in [0.15, 0.2) is 0 Å². The minimum absolute atomic E-state index is 0.116. The Bertz CT molecular complexity index is 1340. The minimum Gasteiger partial charge on any atom is -0.445 e. The van der Waals surface area contributed by atoms with Crippen molar-refractivity contribution in [1.29, 1.82) is 0 Å². The van der Waals surface area contributed by atoms with Crippen molar-refractivity contribution in [2.45, 2.75) is 64.8 Å². The zero-order valence-corrected chi connectivity index (χ0v) is 25.2. The van der Waals surface area contributed by atoms with Crippen LogP contribution in [0.15, 0.2) is 72.8 Å². The molecule has 0 atom stereocenters. The second-order valence-electron chi connectivity index (χ2n) is 11.4. The molecule has 1 heterocycles. The number of halogens is 2. The van der Waals surface area contributed by atoms with Gasteiger partial charge in [0.1, 0.15) is 18.0 Å². The number of rotatable bonds is 9. The topological polar surface area (TPSA) is 71.1 Å². The lowest BCUT2D eigenvalue weighted by atomic mass is 10.0. The van der Waals surface area contributed by atoms with Gasteiger partial charge in [0.25, 0.3) is 0 Å². The Kier molecular flexibility index (Phi) is 10.7. The summed E-state index contributed by atoms with van der Waals surface area (Å²) in [5.41, 5.74) is 2.64. The van der Waals surface area contributed by atoms with Gasteiger partial charge in [0, 0.05) is 36.4 Å². The summed E-state index contributed by atoms with van der Waals surface area (Å²) in [6.07, 6.45) is 0.931. The van der Waals surface area contributed by atoms with Crippen molar-refractivity contribution in [3.8, 4) is 0 Å². The number of nitrogens with zero attached hydrogens (tertiary/aromatic N) is 2. The van der Waals surface area contributed by atoms with Crippen LogP contribution in [0.2, 0.25) is 5.02 Å². The first-order valence-electron chi connectivity index (χ1n) is 14.3. The van der Waals surface area contributed by atoms with Crippen molar-refractivity contribution < 1.29 is 23.5 Å². The number of anilines is 1. The fourth-order valence-corrected chi connectivity index (χ4v) is 5.06. The predicted octanol–water partition coefficient (Wildman–Crippen LogP) is 7.67. The second-order valence-corrected chi connectivity index (χ2v) is 11.9. The number of amides is 2. The summed E-state index contributed by atoms with van der Waals surface area (Å²) in [7, 11) is 0. The summed E-state index contributed by atoms with van der Waals surface area (Å²) in [6, 6.07) is 21.9. The van der Waals surface area contributed by atoms with Crippen LogP contribution in [-0.4, -0.2) is 53.3 Å². The van der Waals surface area contributed by atoms with E-state index in [9.17, 15) is 14.0 Å². The summed E-state index contributed by atoms with van der Waals surface area (Å²) >= 11 is 5.88. The maximum Gasteiger partial charge on any atom is 0.410 e. The lowest BCUT2D eigenvalue weighted by Gasteiger charge is -2.39. The van der Waals surface area contributed by atoms with E-state index in [0.717, 1.165) is 16.8 Å². The van der Waals surface area contributed by atoms with Gasteiger partial charge in [-0.2, -0.15) is 0 Å². The largest absolute Gasteiger partial charge is 0.445 e. The first-order valence-corrected chi connectivity index (χ1v) is 14.7. The molecule has 7 nitrogen and oxygen atoms in total. The second kappa shape index (κ2) is 14.4. The average Bonchev–Trinajstić information content (AvgIpc) is 2.96. The normalized spacial score (nSPS) is 13.9. The van der Waals surface area contributed by atoms with E-state index in [-0.39, 0.29) is 24.6 Å². The molecule has 1 aliphatic heterocycles. The lowest BCUT2D eigenvalue weighted by molar-refractivity contribution is 0.00546. The molecule has 0 aromatic heterocycles. The molecule has 0 unspecified atom stereocenters. The van der Waals surface area contributed by atoms with Crippen LogP contribution < -0.4 is 5.32 Å². The molecule has 0 saturated carbocycles. The number of hydrogen-bond donors (Lipinski definition) is 1. The number of piperidine rings is 1. The van der Waals surface area contributed by atoms with Crippen molar-refractivity contribution in [3.63, 3.8) is 0 Å². The van der Waals surface area contributed by atoms with Crippen molar-refractivity contribution in [3.05, 3.63) is 100 Å². The van der Waals surface area contributed by atoms with E-state index in [1.807, 2.05) is 75.4 Å². The van der Waals surface area contributed by atoms with Gasteiger partial charge in [-0.1, -0.05) is 66.2 Å². The van der Waals surface area contributed by atoms with E-state index in [1.54, 1.807) is 21.9 Å². The molecule has 1 saturated heterocycles. The first-order chi connectivity index (χ1) is 20.1. The van der Waals surface area contributed by atoms with Crippen molar-refractivity contribution in [1.82, 2.24) is 9.80 Å². The molecule has 1 N–H and O–H groups in total. The number of hydrogen-bond acceptors (Lipinski definition) is 5. The van der Waals surface area contributed by atoms with Gasteiger partial charge >= 0.3 is 12.2 Å². The molecule has 0 aliphatic carbocycles. The summed E-state index contributed by atoms with van der Waals surface area (Å²) in [5, 5.41) is 3.77. The fourth-order valence-electron chi connectivity index (χ4n) is 4.90. The first kappa shape index (κ1) is 31.2. The Balaban J connectivity index is 1.40. The van der Waals surface area contributed by atoms with E-state index >= 15 is 0 Å². The summed E-state index contributed by atoms with van der Waals surface area (Å²) in [6.45, 7) is 7.55. The van der Waals surface area contributed by atoms with Gasteiger partial charge in [0.05, 0.1) is 6.54 Å². The highest BCUT2D eigenvalue weighted by molar-refractivity contribution is 6.30. The molecule has 42 heavy (non-hydrogen) atoms. The maximum absolute atomic E-state index is 14.3. The molecule has 1 aliphatic rings. The number of carbonyl (C=O) groups is 2. The number of carbonyl (C=O) groups excluding carboxylic acids is 2. The summed E-state index contributed by atoms with van der Waals surface area (Å²) in [5.74, 6) is -0.330. The van der Waals surface area contributed by atoms with Crippen LogP contribution >= 0.6 is 11.6 Å². The molecule has 4 rings (SSSR count). The summed E-state index contributed by atoms with van der Waals surface area (Å²) < 4.78 is 25.6. The molecular formula is C33H39ClFN3O4. The zero-order chi connectivity index (χ0) is 30.1. The molecule has 3 aromatic carbocycles. The predicted molar refractivity (Wildman–Crippen MR) is 163 cm³/mol. The van der Waals surface area contributed by atoms with Gasteiger partial charge < -0.3 is 24.6 Å². The molecule has 0 bridgehead atoms. The molecule has 224 valence electrons. The van der Waals surface area contributed by atoms with E-state index in [1.165, 1.54) is 6.07 Å². The van der Waals surface area contributed by atoms with Gasteiger partial charge in [-0.15, -0.1) is 0 Å². The quantitative estimate of drug-likeness (QED) is 0.275. The molecular weight excluding hydrogens is 557 g/mol. The van der Waals surface area contributed by atoms with E-state index in [2.05, 4.69) is 5.32 Å². The number of nitrogens with one attached hydrogen (secondary N) is 1. The Hall–Kier alpha value is -3.78. The van der Waals surface area contributed by atoms with Crippen LogP contribution in [0.5, 0.6) is 0 Å². The van der Waals surface area contributed by atoms with E-state index in [0.29, 0.717) is 56.0 Å². The molecule has 0 radical (unpaired) electrons. The molecule has 9 heteroatoms. The van der Waals surface area contributed by atoms with E-state index < -0.39 is 11.7 Å². The number of benzene rings is 3. The van der Waals surface area contributed by atoms with Crippen LogP contribution in [0.1, 0.15) is 50.3 Å². The van der Waals surface area contributed by atoms with Crippen molar-refractivity contribution in [2.24, 2.45) is 0 Å². The molecule has 3 aromatic rings. The Labute approximate surface area is 252 Å². The number of para-hydroxylation sites is 1. The smallest absolute Gasteiger partial charge is 0.410 e. The van der Waals surface area contributed by atoms with Crippen LogP contribution in [0, 0.1) is 5.82 Å².